The Morgan fingerprint density at radius 2 is 2.50 bits per heavy atom. The van der Waals surface area contributed by atoms with Crippen LogP contribution in [0.5, 0.6) is 0 Å². The fourth-order valence-electron chi connectivity index (χ4n) is 0.987. The number of rotatable bonds is 1. The van der Waals surface area contributed by atoms with E-state index in [2.05, 4.69) is 13.8 Å². The molecule has 0 radical (unpaired) electrons. The van der Waals surface area contributed by atoms with Gasteiger partial charge < -0.3 is 5.73 Å². The summed E-state index contributed by atoms with van der Waals surface area (Å²) in [5.41, 5.74) is 5.84. The highest BCUT2D eigenvalue weighted by atomic mass is 32.2. The number of thioether (sulfide) groups is 1. The molecular formula is C6H13NS. The molecule has 1 rings (SSSR count). The van der Waals surface area contributed by atoms with Crippen molar-refractivity contribution in [2.45, 2.75) is 25.1 Å². The van der Waals surface area contributed by atoms with Gasteiger partial charge in [-0.15, -0.1) is 11.8 Å². The normalized spacial score (nSPS) is 46.1. The van der Waals surface area contributed by atoms with Crippen LogP contribution in [0.2, 0.25) is 0 Å². The minimum absolute atomic E-state index is 0.106. The maximum absolute atomic E-state index is 5.84. The Morgan fingerprint density at radius 3 is 2.50 bits per heavy atom. The molecule has 0 aromatic rings. The molecule has 8 heavy (non-hydrogen) atoms. The summed E-state index contributed by atoms with van der Waals surface area (Å²) in [6.45, 7) is 4.32. The van der Waals surface area contributed by atoms with E-state index in [1.807, 2.05) is 11.8 Å². The molecule has 1 fully saturated rings. The lowest BCUT2D eigenvalue weighted by Crippen LogP contribution is -2.50. The molecule has 48 valence electrons. The lowest BCUT2D eigenvalue weighted by atomic mass is 9.99. The summed E-state index contributed by atoms with van der Waals surface area (Å²) in [7, 11) is 0. The highest BCUT2D eigenvalue weighted by Gasteiger charge is 2.38. The SMILES string of the molecule is CC[C@H]1CSC1(C)N. The van der Waals surface area contributed by atoms with Gasteiger partial charge >= 0.3 is 0 Å². The Bertz CT molecular complexity index is 88.5. The standard InChI is InChI=1S/C6H13NS/c1-3-5-4-8-6(5,2)7/h5H,3-4,7H2,1-2H3/t5-,6?/m0/s1. The van der Waals surface area contributed by atoms with Gasteiger partial charge in [0.1, 0.15) is 0 Å². The first-order chi connectivity index (χ1) is 3.67. The fourth-order valence-corrected chi connectivity index (χ4v) is 2.32. The maximum Gasteiger partial charge on any atom is 0.0628 e. The van der Waals surface area contributed by atoms with Gasteiger partial charge in [0, 0.05) is 5.75 Å². The van der Waals surface area contributed by atoms with Crippen LogP contribution in [-0.4, -0.2) is 10.6 Å². The molecule has 1 aliphatic heterocycles. The van der Waals surface area contributed by atoms with E-state index in [9.17, 15) is 0 Å². The van der Waals surface area contributed by atoms with Crippen LogP contribution in [0.25, 0.3) is 0 Å². The Kier molecular flexibility index (Phi) is 1.54. The Hall–Kier alpha value is 0.310. The molecule has 1 saturated heterocycles. The summed E-state index contributed by atoms with van der Waals surface area (Å²) in [6, 6.07) is 0. The zero-order chi connectivity index (χ0) is 6.20. The zero-order valence-corrected chi connectivity index (χ0v) is 6.29. The van der Waals surface area contributed by atoms with Crippen molar-refractivity contribution >= 4 is 11.8 Å². The average molecular weight is 131 g/mol. The Morgan fingerprint density at radius 1 is 1.88 bits per heavy atom. The molecule has 1 aliphatic rings. The van der Waals surface area contributed by atoms with Crippen molar-refractivity contribution in [3.05, 3.63) is 0 Å². The van der Waals surface area contributed by atoms with Gasteiger partial charge in [0.15, 0.2) is 0 Å². The van der Waals surface area contributed by atoms with Gasteiger partial charge in [-0.1, -0.05) is 6.92 Å². The van der Waals surface area contributed by atoms with E-state index in [-0.39, 0.29) is 4.87 Å². The quantitative estimate of drug-likeness (QED) is 0.582. The van der Waals surface area contributed by atoms with Crippen LogP contribution in [0.3, 0.4) is 0 Å². The Balaban J connectivity index is 2.37. The van der Waals surface area contributed by atoms with E-state index in [0.717, 1.165) is 5.92 Å². The molecule has 0 bridgehead atoms. The van der Waals surface area contributed by atoms with Crippen LogP contribution in [-0.2, 0) is 0 Å². The molecule has 0 aromatic carbocycles. The summed E-state index contributed by atoms with van der Waals surface area (Å²) in [5.74, 6) is 2.04. The van der Waals surface area contributed by atoms with E-state index in [1.165, 1.54) is 12.2 Å². The lowest BCUT2D eigenvalue weighted by Gasteiger charge is -2.42. The molecule has 0 spiro atoms. The van der Waals surface area contributed by atoms with Crippen LogP contribution in [0.4, 0.5) is 0 Å². The zero-order valence-electron chi connectivity index (χ0n) is 5.48. The molecule has 2 heteroatoms. The van der Waals surface area contributed by atoms with Crippen LogP contribution >= 0.6 is 11.8 Å². The summed E-state index contributed by atoms with van der Waals surface area (Å²) in [5, 5.41) is 0. The van der Waals surface area contributed by atoms with Gasteiger partial charge in [0.25, 0.3) is 0 Å². The fraction of sp³-hybridized carbons (Fsp3) is 1.00. The van der Waals surface area contributed by atoms with Crippen molar-refractivity contribution in [3.8, 4) is 0 Å². The molecule has 2 atom stereocenters. The second kappa shape index (κ2) is 1.92. The second-order valence-corrected chi connectivity index (χ2v) is 4.10. The number of hydrogen-bond donors (Lipinski definition) is 1. The smallest absolute Gasteiger partial charge is 0.0628 e. The third-order valence-corrected chi connectivity index (χ3v) is 3.42. The lowest BCUT2D eigenvalue weighted by molar-refractivity contribution is 0.402. The number of nitrogens with two attached hydrogens (primary N) is 1. The van der Waals surface area contributed by atoms with Crippen molar-refractivity contribution in [1.29, 1.82) is 0 Å². The van der Waals surface area contributed by atoms with Crippen LogP contribution < -0.4 is 5.73 Å². The minimum Gasteiger partial charge on any atom is -0.317 e. The molecule has 2 N–H and O–H groups in total. The monoisotopic (exact) mass is 131 g/mol. The van der Waals surface area contributed by atoms with Crippen molar-refractivity contribution in [2.24, 2.45) is 11.7 Å². The van der Waals surface area contributed by atoms with Crippen LogP contribution in [0.15, 0.2) is 0 Å². The molecule has 1 nitrogen and oxygen atoms in total. The number of hydrogen-bond acceptors (Lipinski definition) is 2. The third-order valence-electron chi connectivity index (χ3n) is 1.90. The van der Waals surface area contributed by atoms with E-state index in [1.54, 1.807) is 0 Å². The second-order valence-electron chi connectivity index (χ2n) is 2.60. The van der Waals surface area contributed by atoms with Gasteiger partial charge in [-0.25, -0.2) is 0 Å². The van der Waals surface area contributed by atoms with Crippen molar-refractivity contribution in [2.75, 3.05) is 5.75 Å². The van der Waals surface area contributed by atoms with Crippen molar-refractivity contribution < 1.29 is 0 Å². The molecule has 0 amide bonds. The van der Waals surface area contributed by atoms with Crippen molar-refractivity contribution in [3.63, 3.8) is 0 Å². The van der Waals surface area contributed by atoms with Crippen molar-refractivity contribution in [1.82, 2.24) is 0 Å². The molecule has 0 saturated carbocycles. The van der Waals surface area contributed by atoms with Gasteiger partial charge in [-0.3, -0.25) is 0 Å². The summed E-state index contributed by atoms with van der Waals surface area (Å²) in [6.07, 6.45) is 1.24. The Labute approximate surface area is 55.0 Å². The molecule has 1 unspecified atom stereocenters. The molecule has 0 aromatic heterocycles. The molecule has 0 aliphatic carbocycles. The third kappa shape index (κ3) is 0.869. The predicted molar refractivity (Wildman–Crippen MR) is 38.8 cm³/mol. The first kappa shape index (κ1) is 6.43. The van der Waals surface area contributed by atoms with E-state index in [0.29, 0.717) is 0 Å². The maximum atomic E-state index is 5.84. The topological polar surface area (TPSA) is 26.0 Å². The highest BCUT2D eigenvalue weighted by molar-refractivity contribution is 8.02. The molecule has 1 heterocycles. The van der Waals surface area contributed by atoms with Crippen LogP contribution in [0, 0.1) is 5.92 Å². The van der Waals surface area contributed by atoms with E-state index < -0.39 is 0 Å². The predicted octanol–water partition coefficient (Wildman–Crippen LogP) is 1.43. The highest BCUT2D eigenvalue weighted by Crippen LogP contribution is 2.42. The first-order valence-corrected chi connectivity index (χ1v) is 4.08. The first-order valence-electron chi connectivity index (χ1n) is 3.09. The van der Waals surface area contributed by atoms with E-state index >= 15 is 0 Å². The minimum atomic E-state index is 0.106. The van der Waals surface area contributed by atoms with Gasteiger partial charge in [-0.2, -0.15) is 0 Å². The summed E-state index contributed by atoms with van der Waals surface area (Å²) >= 11 is 1.87. The van der Waals surface area contributed by atoms with E-state index in [4.69, 9.17) is 5.73 Å². The van der Waals surface area contributed by atoms with Crippen LogP contribution in [0.1, 0.15) is 20.3 Å². The summed E-state index contributed by atoms with van der Waals surface area (Å²) < 4.78 is 0. The van der Waals surface area contributed by atoms with Gasteiger partial charge in [0.05, 0.1) is 4.87 Å². The summed E-state index contributed by atoms with van der Waals surface area (Å²) in [4.78, 5) is 0.106. The average Bonchev–Trinajstić information content (AvgIpc) is 1.66. The van der Waals surface area contributed by atoms with Gasteiger partial charge in [0.2, 0.25) is 0 Å². The van der Waals surface area contributed by atoms with Gasteiger partial charge in [-0.05, 0) is 19.3 Å². The molecular weight excluding hydrogens is 118 g/mol. The largest absolute Gasteiger partial charge is 0.317 e.